The normalized spacial score (nSPS) is 12.5. The molecule has 2 aromatic carbocycles. The lowest BCUT2D eigenvalue weighted by Crippen LogP contribution is -2.01. The van der Waals surface area contributed by atoms with Gasteiger partial charge in [0.1, 0.15) is 0 Å². The Hall–Kier alpha value is -3.02. The van der Waals surface area contributed by atoms with Gasteiger partial charge in [-0.1, -0.05) is 31.1 Å². The Morgan fingerprint density at radius 1 is 1.04 bits per heavy atom. The van der Waals surface area contributed by atoms with Crippen LogP contribution in [0.1, 0.15) is 32.3 Å². The van der Waals surface area contributed by atoms with Gasteiger partial charge in [-0.05, 0) is 49.1 Å². The molecular weight excluding hydrogens is 354 g/mol. The smallest absolute Gasteiger partial charge is 0.258 e. The van der Waals surface area contributed by atoms with Crippen LogP contribution in [0, 0.1) is 0 Å². The Labute approximate surface area is 164 Å². The summed E-state index contributed by atoms with van der Waals surface area (Å²) in [7, 11) is 0. The number of ether oxygens (including phenoxy) is 2. The molecule has 1 N–H and O–H groups in total. The molecule has 0 saturated carbocycles. The van der Waals surface area contributed by atoms with E-state index in [2.05, 4.69) is 35.4 Å². The van der Waals surface area contributed by atoms with Crippen molar-refractivity contribution in [2.24, 2.45) is 0 Å². The van der Waals surface area contributed by atoms with Crippen molar-refractivity contribution in [2.45, 2.75) is 33.1 Å². The third-order valence-corrected chi connectivity index (χ3v) is 4.65. The second-order valence-electron chi connectivity index (χ2n) is 6.79. The Bertz CT molecular complexity index is 952. The fourth-order valence-corrected chi connectivity index (χ4v) is 3.30. The molecule has 6 nitrogen and oxygen atoms in total. The molecule has 0 aliphatic carbocycles. The molecule has 1 aliphatic heterocycles. The number of hydrogen-bond donors (Lipinski definition) is 1. The molecule has 146 valence electrons. The molecule has 0 unspecified atom stereocenters. The maximum Gasteiger partial charge on any atom is 0.258 e. The Morgan fingerprint density at radius 2 is 1.86 bits per heavy atom. The zero-order valence-corrected chi connectivity index (χ0v) is 16.3. The first-order valence-corrected chi connectivity index (χ1v) is 9.90. The number of nitrogens with zero attached hydrogens (tertiary/aromatic N) is 2. The molecule has 2 heterocycles. The Balaban J connectivity index is 1.64. The molecule has 28 heavy (non-hydrogen) atoms. The topological polar surface area (TPSA) is 69.4 Å². The summed E-state index contributed by atoms with van der Waals surface area (Å²) in [6, 6.07) is 11.9. The van der Waals surface area contributed by atoms with Gasteiger partial charge in [-0.25, -0.2) is 0 Å². The summed E-state index contributed by atoms with van der Waals surface area (Å²) in [5, 5.41) is 7.60. The molecule has 0 radical (unpaired) electrons. The molecule has 1 aromatic heterocycles. The lowest BCUT2D eigenvalue weighted by Gasteiger charge is -2.12. The van der Waals surface area contributed by atoms with Crippen LogP contribution in [0.4, 0.5) is 5.69 Å². The standard InChI is InChI=1S/C22H25N3O3/c1-3-12-26-19-9-8-15(14-20(19)27-13-4-2)22-24-21(25-28-22)17-6-5-7-18-16(17)10-11-23-18/h5-9,14,23H,3-4,10-13H2,1-2H3. The van der Waals surface area contributed by atoms with E-state index in [1.807, 2.05) is 30.3 Å². The first-order valence-electron chi connectivity index (χ1n) is 9.90. The van der Waals surface area contributed by atoms with Crippen LogP contribution in [0.5, 0.6) is 11.5 Å². The number of aromatic nitrogens is 2. The number of fused-ring (bicyclic) bond motifs is 1. The first-order chi connectivity index (χ1) is 13.8. The molecule has 0 saturated heterocycles. The number of anilines is 1. The fraction of sp³-hybridized carbons (Fsp3) is 0.364. The number of hydrogen-bond acceptors (Lipinski definition) is 6. The molecule has 4 rings (SSSR count). The van der Waals surface area contributed by atoms with E-state index in [0.29, 0.717) is 30.7 Å². The molecule has 6 heteroatoms. The summed E-state index contributed by atoms with van der Waals surface area (Å²) in [5.74, 6) is 2.53. The van der Waals surface area contributed by atoms with Gasteiger partial charge in [0.25, 0.3) is 5.89 Å². The van der Waals surface area contributed by atoms with E-state index in [0.717, 1.165) is 48.4 Å². The second kappa shape index (κ2) is 8.33. The fourth-order valence-electron chi connectivity index (χ4n) is 3.30. The van der Waals surface area contributed by atoms with Crippen molar-refractivity contribution in [3.8, 4) is 34.3 Å². The van der Waals surface area contributed by atoms with Crippen LogP contribution in [0.25, 0.3) is 22.8 Å². The third kappa shape index (κ3) is 3.67. The monoisotopic (exact) mass is 379 g/mol. The highest BCUT2D eigenvalue weighted by atomic mass is 16.5. The highest BCUT2D eigenvalue weighted by molar-refractivity contribution is 5.73. The maximum absolute atomic E-state index is 5.87. The first kappa shape index (κ1) is 18.3. The van der Waals surface area contributed by atoms with E-state index in [1.165, 1.54) is 5.56 Å². The van der Waals surface area contributed by atoms with E-state index in [9.17, 15) is 0 Å². The van der Waals surface area contributed by atoms with E-state index in [-0.39, 0.29) is 0 Å². The molecule has 0 amide bonds. The van der Waals surface area contributed by atoms with Crippen LogP contribution in [0.2, 0.25) is 0 Å². The average molecular weight is 379 g/mol. The summed E-state index contributed by atoms with van der Waals surface area (Å²) in [4.78, 5) is 4.64. The zero-order chi connectivity index (χ0) is 19.3. The van der Waals surface area contributed by atoms with Crippen molar-refractivity contribution < 1.29 is 14.0 Å². The van der Waals surface area contributed by atoms with Gasteiger partial charge in [-0.3, -0.25) is 0 Å². The quantitative estimate of drug-likeness (QED) is 0.597. The van der Waals surface area contributed by atoms with Crippen LogP contribution in [0.15, 0.2) is 40.9 Å². The van der Waals surface area contributed by atoms with E-state index in [4.69, 9.17) is 14.0 Å². The number of nitrogens with one attached hydrogen (secondary N) is 1. The molecule has 0 bridgehead atoms. The van der Waals surface area contributed by atoms with E-state index >= 15 is 0 Å². The SMILES string of the molecule is CCCOc1ccc(-c2nc(-c3cccc4c3CCN4)no2)cc1OCCC. The molecule has 0 atom stereocenters. The van der Waals surface area contributed by atoms with Crippen molar-refractivity contribution in [1.29, 1.82) is 0 Å². The summed E-state index contributed by atoms with van der Waals surface area (Å²) < 4.78 is 17.2. The van der Waals surface area contributed by atoms with Gasteiger partial charge >= 0.3 is 0 Å². The third-order valence-electron chi connectivity index (χ3n) is 4.65. The minimum atomic E-state index is 0.474. The number of rotatable bonds is 8. The lowest BCUT2D eigenvalue weighted by molar-refractivity contribution is 0.268. The molecule has 0 spiro atoms. The van der Waals surface area contributed by atoms with Crippen molar-refractivity contribution in [1.82, 2.24) is 10.1 Å². The molecular formula is C22H25N3O3. The van der Waals surface area contributed by atoms with Gasteiger partial charge in [-0.15, -0.1) is 0 Å². The Morgan fingerprint density at radius 3 is 2.68 bits per heavy atom. The van der Waals surface area contributed by atoms with E-state index < -0.39 is 0 Å². The van der Waals surface area contributed by atoms with Crippen molar-refractivity contribution in [2.75, 3.05) is 25.1 Å². The second-order valence-corrected chi connectivity index (χ2v) is 6.79. The maximum atomic E-state index is 5.87. The molecule has 3 aromatic rings. The van der Waals surface area contributed by atoms with Crippen molar-refractivity contribution in [3.63, 3.8) is 0 Å². The van der Waals surface area contributed by atoms with Gasteiger partial charge in [-0.2, -0.15) is 4.98 Å². The zero-order valence-electron chi connectivity index (χ0n) is 16.3. The van der Waals surface area contributed by atoms with Crippen molar-refractivity contribution >= 4 is 5.69 Å². The summed E-state index contributed by atoms with van der Waals surface area (Å²) in [5.41, 5.74) is 4.23. The summed E-state index contributed by atoms with van der Waals surface area (Å²) in [6.07, 6.45) is 2.83. The predicted octanol–water partition coefficient (Wildman–Crippen LogP) is 4.95. The van der Waals surface area contributed by atoms with Crippen LogP contribution >= 0.6 is 0 Å². The predicted molar refractivity (Wildman–Crippen MR) is 109 cm³/mol. The summed E-state index contributed by atoms with van der Waals surface area (Å²) >= 11 is 0. The number of benzene rings is 2. The van der Waals surface area contributed by atoms with Crippen LogP contribution in [-0.4, -0.2) is 29.9 Å². The minimum Gasteiger partial charge on any atom is -0.490 e. The molecule has 1 aliphatic rings. The van der Waals surface area contributed by atoms with Crippen LogP contribution in [0.3, 0.4) is 0 Å². The minimum absolute atomic E-state index is 0.474. The van der Waals surface area contributed by atoms with Gasteiger partial charge in [0, 0.05) is 23.4 Å². The van der Waals surface area contributed by atoms with Crippen LogP contribution < -0.4 is 14.8 Å². The van der Waals surface area contributed by atoms with Crippen molar-refractivity contribution in [3.05, 3.63) is 42.0 Å². The lowest BCUT2D eigenvalue weighted by atomic mass is 10.0. The van der Waals surface area contributed by atoms with Gasteiger partial charge in [0.05, 0.1) is 13.2 Å². The van der Waals surface area contributed by atoms with Gasteiger partial charge < -0.3 is 19.3 Å². The largest absolute Gasteiger partial charge is 0.490 e. The van der Waals surface area contributed by atoms with Gasteiger partial charge in [0.2, 0.25) is 5.82 Å². The Kier molecular flexibility index (Phi) is 5.46. The van der Waals surface area contributed by atoms with Gasteiger partial charge in [0.15, 0.2) is 11.5 Å². The highest BCUT2D eigenvalue weighted by Crippen LogP contribution is 2.35. The van der Waals surface area contributed by atoms with Crippen LogP contribution in [-0.2, 0) is 6.42 Å². The van der Waals surface area contributed by atoms with E-state index in [1.54, 1.807) is 0 Å². The summed E-state index contributed by atoms with van der Waals surface area (Å²) in [6.45, 7) is 6.38. The highest BCUT2D eigenvalue weighted by Gasteiger charge is 2.19. The molecule has 0 fully saturated rings. The average Bonchev–Trinajstić information content (AvgIpc) is 3.40.